The Morgan fingerprint density at radius 3 is 2.18 bits per heavy atom. The van der Waals surface area contributed by atoms with E-state index in [9.17, 15) is 4.79 Å². The van der Waals surface area contributed by atoms with Gasteiger partial charge in [-0.1, -0.05) is 6.92 Å². The van der Waals surface area contributed by atoms with Crippen molar-refractivity contribution in [2.24, 2.45) is 0 Å². The van der Waals surface area contributed by atoms with Crippen molar-refractivity contribution in [3.8, 4) is 0 Å². The van der Waals surface area contributed by atoms with Gasteiger partial charge in [0.05, 0.1) is 6.04 Å². The Labute approximate surface area is 69.4 Å². The molecule has 0 heterocycles. The lowest BCUT2D eigenvalue weighted by molar-refractivity contribution is -0.120. The first-order valence-corrected chi connectivity index (χ1v) is 4.17. The van der Waals surface area contributed by atoms with Crippen molar-refractivity contribution in [1.82, 2.24) is 5.32 Å². The van der Waals surface area contributed by atoms with Gasteiger partial charge < -0.3 is 5.32 Å². The van der Waals surface area contributed by atoms with Gasteiger partial charge in [0.15, 0.2) is 0 Å². The fourth-order valence-electron chi connectivity index (χ4n) is 1.04. The maximum absolute atomic E-state index is 11.1. The number of Topliss-reactive ketones (excluding diaryl/α,β-unsaturated/α-hetero) is 1. The van der Waals surface area contributed by atoms with E-state index in [0.29, 0.717) is 6.42 Å². The van der Waals surface area contributed by atoms with Crippen molar-refractivity contribution < 1.29 is 4.79 Å². The minimum absolute atomic E-state index is 0.0139. The molecule has 0 saturated carbocycles. The summed E-state index contributed by atoms with van der Waals surface area (Å²) in [5.74, 6) is 0.278. The van der Waals surface area contributed by atoms with Crippen LogP contribution in [0.4, 0.5) is 0 Å². The molecule has 0 saturated heterocycles. The van der Waals surface area contributed by atoms with Crippen LogP contribution in [0.2, 0.25) is 0 Å². The third-order valence-electron chi connectivity index (χ3n) is 1.48. The standard InChI is InChI=1S/C9H19NO/c1-6-8(11)7(2)10-9(3,4)5/h7,10H,6H2,1-5H3. The van der Waals surface area contributed by atoms with Gasteiger partial charge in [-0.15, -0.1) is 0 Å². The molecule has 0 aromatic carbocycles. The second kappa shape index (κ2) is 3.86. The first kappa shape index (κ1) is 10.6. The van der Waals surface area contributed by atoms with Crippen LogP contribution in [0.5, 0.6) is 0 Å². The zero-order valence-electron chi connectivity index (χ0n) is 8.19. The fraction of sp³-hybridized carbons (Fsp3) is 0.889. The molecule has 66 valence electrons. The highest BCUT2D eigenvalue weighted by atomic mass is 16.1. The van der Waals surface area contributed by atoms with Gasteiger partial charge in [-0.3, -0.25) is 4.79 Å². The van der Waals surface area contributed by atoms with Crippen LogP contribution in [0.15, 0.2) is 0 Å². The zero-order chi connectivity index (χ0) is 9.07. The van der Waals surface area contributed by atoms with Gasteiger partial charge in [0.25, 0.3) is 0 Å². The topological polar surface area (TPSA) is 29.1 Å². The second-order valence-electron chi connectivity index (χ2n) is 3.94. The number of hydrogen-bond acceptors (Lipinski definition) is 2. The molecule has 0 radical (unpaired) electrons. The highest BCUT2D eigenvalue weighted by Crippen LogP contribution is 2.02. The minimum Gasteiger partial charge on any atom is -0.303 e. The lowest BCUT2D eigenvalue weighted by Crippen LogP contribution is -2.45. The SMILES string of the molecule is CCC(=O)C(C)NC(C)(C)C. The molecule has 0 aliphatic heterocycles. The summed E-state index contributed by atoms with van der Waals surface area (Å²) < 4.78 is 0. The Bertz CT molecular complexity index is 135. The predicted molar refractivity (Wildman–Crippen MR) is 47.6 cm³/mol. The largest absolute Gasteiger partial charge is 0.303 e. The molecule has 0 rings (SSSR count). The summed E-state index contributed by atoms with van der Waals surface area (Å²) in [6.45, 7) is 9.99. The van der Waals surface area contributed by atoms with Gasteiger partial charge in [-0.2, -0.15) is 0 Å². The van der Waals surface area contributed by atoms with E-state index in [1.165, 1.54) is 0 Å². The molecule has 0 amide bonds. The molecule has 1 unspecified atom stereocenters. The smallest absolute Gasteiger partial charge is 0.149 e. The highest BCUT2D eigenvalue weighted by Gasteiger charge is 2.17. The second-order valence-corrected chi connectivity index (χ2v) is 3.94. The molecule has 0 aromatic rings. The van der Waals surface area contributed by atoms with Gasteiger partial charge in [0, 0.05) is 12.0 Å². The van der Waals surface area contributed by atoms with Crippen LogP contribution in [0.1, 0.15) is 41.0 Å². The van der Waals surface area contributed by atoms with Gasteiger partial charge in [0.2, 0.25) is 0 Å². The van der Waals surface area contributed by atoms with E-state index in [4.69, 9.17) is 0 Å². The van der Waals surface area contributed by atoms with Crippen molar-refractivity contribution in [3.63, 3.8) is 0 Å². The summed E-state index contributed by atoms with van der Waals surface area (Å²) in [6, 6.07) is -0.0139. The van der Waals surface area contributed by atoms with Crippen LogP contribution in [0.3, 0.4) is 0 Å². The van der Waals surface area contributed by atoms with E-state index in [1.807, 2.05) is 13.8 Å². The number of carbonyl (C=O) groups excluding carboxylic acids is 1. The third kappa shape index (κ3) is 4.96. The molecular weight excluding hydrogens is 138 g/mol. The summed E-state index contributed by atoms with van der Waals surface area (Å²) in [4.78, 5) is 11.1. The van der Waals surface area contributed by atoms with E-state index in [-0.39, 0.29) is 17.4 Å². The summed E-state index contributed by atoms with van der Waals surface area (Å²) in [6.07, 6.45) is 0.615. The Balaban J connectivity index is 3.87. The molecule has 2 heteroatoms. The maximum Gasteiger partial charge on any atom is 0.149 e. The Kier molecular flexibility index (Phi) is 3.73. The molecule has 0 fully saturated rings. The average molecular weight is 157 g/mol. The molecule has 1 atom stereocenters. The van der Waals surface area contributed by atoms with Crippen molar-refractivity contribution >= 4 is 5.78 Å². The first-order valence-electron chi connectivity index (χ1n) is 4.17. The number of nitrogens with one attached hydrogen (secondary N) is 1. The molecule has 0 aromatic heterocycles. The maximum atomic E-state index is 11.1. The summed E-state index contributed by atoms with van der Waals surface area (Å²) in [5.41, 5.74) is 0.0320. The summed E-state index contributed by atoms with van der Waals surface area (Å²) in [7, 11) is 0. The number of rotatable bonds is 3. The summed E-state index contributed by atoms with van der Waals surface area (Å²) in [5, 5.41) is 3.22. The molecule has 1 N–H and O–H groups in total. The van der Waals surface area contributed by atoms with Crippen molar-refractivity contribution in [1.29, 1.82) is 0 Å². The van der Waals surface area contributed by atoms with E-state index in [1.54, 1.807) is 0 Å². The van der Waals surface area contributed by atoms with E-state index in [0.717, 1.165) is 0 Å². The quantitative estimate of drug-likeness (QED) is 0.676. The Morgan fingerprint density at radius 1 is 1.45 bits per heavy atom. The zero-order valence-corrected chi connectivity index (χ0v) is 8.19. The monoisotopic (exact) mass is 157 g/mol. The number of ketones is 1. The van der Waals surface area contributed by atoms with Crippen LogP contribution in [-0.4, -0.2) is 17.4 Å². The molecular formula is C9H19NO. The molecule has 0 aliphatic rings. The molecule has 0 spiro atoms. The van der Waals surface area contributed by atoms with E-state index < -0.39 is 0 Å². The normalized spacial score (nSPS) is 14.6. The van der Waals surface area contributed by atoms with Gasteiger partial charge in [-0.25, -0.2) is 0 Å². The molecule has 0 aliphatic carbocycles. The van der Waals surface area contributed by atoms with Crippen LogP contribution in [0, 0.1) is 0 Å². The van der Waals surface area contributed by atoms with Crippen molar-refractivity contribution in [2.45, 2.75) is 52.6 Å². The number of hydrogen-bond donors (Lipinski definition) is 1. The Morgan fingerprint density at radius 2 is 1.91 bits per heavy atom. The molecule has 11 heavy (non-hydrogen) atoms. The van der Waals surface area contributed by atoms with Crippen molar-refractivity contribution in [2.75, 3.05) is 0 Å². The predicted octanol–water partition coefficient (Wildman–Crippen LogP) is 1.74. The van der Waals surface area contributed by atoms with E-state index >= 15 is 0 Å². The van der Waals surface area contributed by atoms with Gasteiger partial charge in [0.1, 0.15) is 5.78 Å². The lowest BCUT2D eigenvalue weighted by Gasteiger charge is -2.24. The summed E-state index contributed by atoms with van der Waals surface area (Å²) >= 11 is 0. The third-order valence-corrected chi connectivity index (χ3v) is 1.48. The molecule has 2 nitrogen and oxygen atoms in total. The highest BCUT2D eigenvalue weighted by molar-refractivity contribution is 5.83. The minimum atomic E-state index is -0.0139. The molecule has 0 bridgehead atoms. The van der Waals surface area contributed by atoms with Crippen LogP contribution < -0.4 is 5.32 Å². The Hall–Kier alpha value is -0.370. The fourth-order valence-corrected chi connectivity index (χ4v) is 1.04. The first-order chi connectivity index (χ1) is 4.87. The lowest BCUT2D eigenvalue weighted by atomic mass is 10.1. The van der Waals surface area contributed by atoms with Gasteiger partial charge in [-0.05, 0) is 27.7 Å². The van der Waals surface area contributed by atoms with Crippen LogP contribution in [0.25, 0.3) is 0 Å². The van der Waals surface area contributed by atoms with E-state index in [2.05, 4.69) is 26.1 Å². The van der Waals surface area contributed by atoms with Crippen LogP contribution >= 0.6 is 0 Å². The van der Waals surface area contributed by atoms with Crippen molar-refractivity contribution in [3.05, 3.63) is 0 Å². The van der Waals surface area contributed by atoms with Crippen LogP contribution in [-0.2, 0) is 4.79 Å². The average Bonchev–Trinajstić information content (AvgIpc) is 1.82. The number of carbonyl (C=O) groups is 1. The van der Waals surface area contributed by atoms with Gasteiger partial charge >= 0.3 is 0 Å².